The molecule has 1 rings (SSSR count). The van der Waals surface area contributed by atoms with Crippen LogP contribution in [0.4, 0.5) is 13.2 Å². The molecule has 0 spiro atoms. The molecule has 16 heavy (non-hydrogen) atoms. The molecular formula is C10H14F3NO2. The van der Waals surface area contributed by atoms with Crippen molar-refractivity contribution in [2.24, 2.45) is 5.92 Å². The van der Waals surface area contributed by atoms with Crippen molar-refractivity contribution in [2.45, 2.75) is 44.8 Å². The third kappa shape index (κ3) is 2.36. The Morgan fingerprint density at radius 2 is 1.75 bits per heavy atom. The summed E-state index contributed by atoms with van der Waals surface area (Å²) in [7, 11) is 0. The van der Waals surface area contributed by atoms with Gasteiger partial charge < -0.3 is 5.32 Å². The number of hydrogen-bond acceptors (Lipinski definition) is 2. The fraction of sp³-hybridized carbons (Fsp3) is 0.800. The molecule has 1 fully saturated rings. The van der Waals surface area contributed by atoms with Crippen LogP contribution in [0, 0.1) is 5.92 Å². The molecule has 0 saturated heterocycles. The molecule has 0 aromatic rings. The van der Waals surface area contributed by atoms with Gasteiger partial charge >= 0.3 is 6.18 Å². The highest BCUT2D eigenvalue weighted by Gasteiger charge is 2.56. The summed E-state index contributed by atoms with van der Waals surface area (Å²) in [6.07, 6.45) is -4.21. The Morgan fingerprint density at radius 1 is 1.25 bits per heavy atom. The number of ketones is 1. The van der Waals surface area contributed by atoms with Crippen molar-refractivity contribution in [3.05, 3.63) is 0 Å². The third-order valence-electron chi connectivity index (χ3n) is 2.79. The summed E-state index contributed by atoms with van der Waals surface area (Å²) in [4.78, 5) is 22.5. The minimum Gasteiger partial charge on any atom is -0.343 e. The molecule has 0 aliphatic heterocycles. The molecule has 1 aliphatic carbocycles. The second-order valence-corrected chi connectivity index (χ2v) is 4.41. The number of carbonyl (C=O) groups excluding carboxylic acids is 2. The van der Waals surface area contributed by atoms with Crippen LogP contribution >= 0.6 is 0 Å². The summed E-state index contributed by atoms with van der Waals surface area (Å²) in [5.41, 5.74) is -1.69. The van der Waals surface area contributed by atoms with Crippen LogP contribution in [-0.4, -0.2) is 23.4 Å². The summed E-state index contributed by atoms with van der Waals surface area (Å²) in [5.74, 6) is -2.78. The van der Waals surface area contributed by atoms with Crippen LogP contribution in [0.1, 0.15) is 33.1 Å². The van der Waals surface area contributed by atoms with Gasteiger partial charge in [-0.1, -0.05) is 13.8 Å². The van der Waals surface area contributed by atoms with Gasteiger partial charge in [0.15, 0.2) is 0 Å². The quantitative estimate of drug-likeness (QED) is 0.813. The summed E-state index contributed by atoms with van der Waals surface area (Å²) < 4.78 is 36.9. The van der Waals surface area contributed by atoms with E-state index in [-0.39, 0.29) is 12.8 Å². The Balaban J connectivity index is 2.79. The highest BCUT2D eigenvalue weighted by molar-refractivity contribution is 5.97. The third-order valence-corrected chi connectivity index (χ3v) is 2.79. The minimum absolute atomic E-state index is 0.0732. The first-order valence-electron chi connectivity index (χ1n) is 5.13. The van der Waals surface area contributed by atoms with Crippen LogP contribution in [0.2, 0.25) is 0 Å². The van der Waals surface area contributed by atoms with E-state index in [4.69, 9.17) is 0 Å². The zero-order chi connectivity index (χ0) is 12.6. The fourth-order valence-electron chi connectivity index (χ4n) is 1.59. The topological polar surface area (TPSA) is 46.2 Å². The van der Waals surface area contributed by atoms with Gasteiger partial charge in [-0.25, -0.2) is 0 Å². The number of rotatable bonds is 3. The highest BCUT2D eigenvalue weighted by atomic mass is 19.4. The van der Waals surface area contributed by atoms with E-state index in [9.17, 15) is 22.8 Å². The number of alkyl halides is 3. The molecule has 0 aromatic heterocycles. The summed E-state index contributed by atoms with van der Waals surface area (Å²) >= 11 is 0. The van der Waals surface area contributed by atoms with E-state index < -0.39 is 29.3 Å². The lowest BCUT2D eigenvalue weighted by atomic mass is 9.73. The van der Waals surface area contributed by atoms with E-state index in [1.165, 1.54) is 0 Å². The monoisotopic (exact) mass is 237 g/mol. The largest absolute Gasteiger partial charge is 0.452 e. The molecule has 1 aliphatic rings. The van der Waals surface area contributed by atoms with Crippen LogP contribution in [0.25, 0.3) is 0 Å². The predicted octanol–water partition coefficient (Wildman–Crippen LogP) is 1.81. The van der Waals surface area contributed by atoms with E-state index >= 15 is 0 Å². The van der Waals surface area contributed by atoms with Gasteiger partial charge in [-0.05, 0) is 19.3 Å². The molecule has 0 heterocycles. The van der Waals surface area contributed by atoms with Crippen molar-refractivity contribution in [2.75, 3.05) is 0 Å². The van der Waals surface area contributed by atoms with Crippen molar-refractivity contribution in [3.63, 3.8) is 0 Å². The first-order chi connectivity index (χ1) is 7.19. The predicted molar refractivity (Wildman–Crippen MR) is 50.6 cm³/mol. The van der Waals surface area contributed by atoms with Crippen LogP contribution in [0.3, 0.4) is 0 Å². The maximum atomic E-state index is 12.3. The molecular weight excluding hydrogens is 223 g/mol. The van der Waals surface area contributed by atoms with Crippen molar-refractivity contribution in [1.29, 1.82) is 0 Å². The van der Waals surface area contributed by atoms with E-state index in [2.05, 4.69) is 5.32 Å². The zero-order valence-electron chi connectivity index (χ0n) is 9.15. The molecule has 1 N–H and O–H groups in total. The zero-order valence-corrected chi connectivity index (χ0v) is 9.15. The lowest BCUT2D eigenvalue weighted by molar-refractivity contribution is -0.182. The number of amides is 1. The van der Waals surface area contributed by atoms with Crippen LogP contribution < -0.4 is 5.32 Å². The normalized spacial score (nSPS) is 19.1. The van der Waals surface area contributed by atoms with E-state index in [0.29, 0.717) is 6.42 Å². The molecule has 0 unspecified atom stereocenters. The first-order valence-corrected chi connectivity index (χ1v) is 5.13. The number of nitrogens with one attached hydrogen (secondary N) is 1. The Hall–Kier alpha value is -1.07. The van der Waals surface area contributed by atoms with Crippen LogP contribution in [0.15, 0.2) is 0 Å². The molecule has 6 heteroatoms. The smallest absolute Gasteiger partial charge is 0.343 e. The second-order valence-electron chi connectivity index (χ2n) is 4.41. The van der Waals surface area contributed by atoms with Crippen molar-refractivity contribution in [1.82, 2.24) is 5.32 Å². The summed E-state index contributed by atoms with van der Waals surface area (Å²) in [5, 5.41) is 2.23. The Morgan fingerprint density at radius 3 is 2.00 bits per heavy atom. The molecule has 0 radical (unpaired) electrons. The standard InChI is InChI=1S/C10H14F3NO2/c1-6(2)7(15)14-9(4-3-5-9)8(16)10(11,12)13/h6H,3-5H2,1-2H3,(H,14,15). The summed E-state index contributed by atoms with van der Waals surface area (Å²) in [6.45, 7) is 3.14. The Bertz CT molecular complexity index is 306. The maximum Gasteiger partial charge on any atom is 0.452 e. The number of carbonyl (C=O) groups is 2. The molecule has 92 valence electrons. The molecule has 0 bridgehead atoms. The van der Waals surface area contributed by atoms with E-state index in [1.807, 2.05) is 0 Å². The van der Waals surface area contributed by atoms with Crippen molar-refractivity contribution >= 4 is 11.7 Å². The van der Waals surface area contributed by atoms with Crippen molar-refractivity contribution in [3.8, 4) is 0 Å². The van der Waals surface area contributed by atoms with E-state index in [1.54, 1.807) is 13.8 Å². The maximum absolute atomic E-state index is 12.3. The molecule has 1 saturated carbocycles. The van der Waals surface area contributed by atoms with Gasteiger partial charge in [0.1, 0.15) is 5.54 Å². The van der Waals surface area contributed by atoms with Crippen LogP contribution in [0.5, 0.6) is 0 Å². The van der Waals surface area contributed by atoms with Gasteiger partial charge in [0.2, 0.25) is 5.91 Å². The van der Waals surface area contributed by atoms with Crippen LogP contribution in [-0.2, 0) is 9.59 Å². The first kappa shape index (κ1) is 13.0. The molecule has 3 nitrogen and oxygen atoms in total. The fourth-order valence-corrected chi connectivity index (χ4v) is 1.59. The lowest BCUT2D eigenvalue weighted by Gasteiger charge is -2.41. The van der Waals surface area contributed by atoms with Gasteiger partial charge in [0, 0.05) is 5.92 Å². The van der Waals surface area contributed by atoms with Crippen molar-refractivity contribution < 1.29 is 22.8 Å². The van der Waals surface area contributed by atoms with Gasteiger partial charge in [-0.3, -0.25) is 9.59 Å². The van der Waals surface area contributed by atoms with Gasteiger partial charge in [0.05, 0.1) is 0 Å². The molecule has 0 atom stereocenters. The Labute approximate surface area is 91.4 Å². The van der Waals surface area contributed by atoms with Gasteiger partial charge in [-0.15, -0.1) is 0 Å². The van der Waals surface area contributed by atoms with Gasteiger partial charge in [0.25, 0.3) is 5.78 Å². The minimum atomic E-state index is -4.88. The molecule has 1 amide bonds. The lowest BCUT2D eigenvalue weighted by Crippen LogP contribution is -2.63. The average molecular weight is 237 g/mol. The Kier molecular flexibility index (Phi) is 3.30. The highest BCUT2D eigenvalue weighted by Crippen LogP contribution is 2.38. The van der Waals surface area contributed by atoms with Gasteiger partial charge in [-0.2, -0.15) is 13.2 Å². The van der Waals surface area contributed by atoms with E-state index in [0.717, 1.165) is 0 Å². The SMILES string of the molecule is CC(C)C(=O)NC1(C(=O)C(F)(F)F)CCC1. The number of halogens is 3. The average Bonchev–Trinajstić information content (AvgIpc) is 2.08. The number of Topliss-reactive ketones (excluding diaryl/α,β-unsaturated/α-hetero) is 1. The molecule has 0 aromatic carbocycles. The number of hydrogen-bond donors (Lipinski definition) is 1. The second kappa shape index (κ2) is 4.07. The summed E-state index contributed by atoms with van der Waals surface area (Å²) in [6, 6.07) is 0.